The number of carboxylic acids is 1. The first-order valence-corrected chi connectivity index (χ1v) is 8.41. The van der Waals surface area contributed by atoms with Gasteiger partial charge in [-0.05, 0) is 54.1 Å². The van der Waals surface area contributed by atoms with E-state index in [0.29, 0.717) is 28.5 Å². The second kappa shape index (κ2) is 7.32. The molecule has 140 valence electrons. The number of nitrogens with one attached hydrogen (secondary N) is 1. The number of furan rings is 1. The SMILES string of the molecule is O=C(O)C=Cc1cccc(NC(=O)c2ccc(-c3ccc4c(c3)OCO4)o2)c1. The lowest BCUT2D eigenvalue weighted by atomic mass is 10.1. The molecule has 7 heteroatoms. The van der Waals surface area contributed by atoms with Crippen molar-refractivity contribution in [2.75, 3.05) is 12.1 Å². The van der Waals surface area contributed by atoms with E-state index in [9.17, 15) is 9.59 Å². The van der Waals surface area contributed by atoms with Crippen LogP contribution < -0.4 is 14.8 Å². The maximum Gasteiger partial charge on any atom is 0.328 e. The first-order valence-electron chi connectivity index (χ1n) is 8.41. The summed E-state index contributed by atoms with van der Waals surface area (Å²) in [5.74, 6) is 0.532. The van der Waals surface area contributed by atoms with E-state index in [0.717, 1.165) is 11.6 Å². The molecule has 1 aliphatic rings. The van der Waals surface area contributed by atoms with E-state index < -0.39 is 11.9 Å². The number of amides is 1. The molecule has 28 heavy (non-hydrogen) atoms. The van der Waals surface area contributed by atoms with Crippen LogP contribution >= 0.6 is 0 Å². The predicted octanol–water partition coefficient (Wildman–Crippen LogP) is 4.03. The highest BCUT2D eigenvalue weighted by atomic mass is 16.7. The van der Waals surface area contributed by atoms with Crippen LogP contribution in [0.15, 0.2) is 65.1 Å². The lowest BCUT2D eigenvalue weighted by Crippen LogP contribution is -2.10. The van der Waals surface area contributed by atoms with Gasteiger partial charge in [-0.25, -0.2) is 4.79 Å². The topological polar surface area (TPSA) is 98.0 Å². The summed E-state index contributed by atoms with van der Waals surface area (Å²) in [6.07, 6.45) is 2.48. The highest BCUT2D eigenvalue weighted by molar-refractivity contribution is 6.02. The Labute approximate surface area is 159 Å². The first kappa shape index (κ1) is 17.4. The van der Waals surface area contributed by atoms with Crippen LogP contribution in [0.4, 0.5) is 5.69 Å². The van der Waals surface area contributed by atoms with Gasteiger partial charge in [0.1, 0.15) is 5.76 Å². The first-order chi connectivity index (χ1) is 13.6. The predicted molar refractivity (Wildman–Crippen MR) is 101 cm³/mol. The highest BCUT2D eigenvalue weighted by Gasteiger charge is 2.17. The number of hydrogen-bond acceptors (Lipinski definition) is 5. The van der Waals surface area contributed by atoms with E-state index in [4.69, 9.17) is 19.0 Å². The van der Waals surface area contributed by atoms with Crippen LogP contribution in [-0.4, -0.2) is 23.8 Å². The number of hydrogen-bond donors (Lipinski definition) is 2. The van der Waals surface area contributed by atoms with Crippen LogP contribution in [0.5, 0.6) is 11.5 Å². The molecule has 0 bridgehead atoms. The Hall–Kier alpha value is -4.00. The Kier molecular flexibility index (Phi) is 4.55. The number of fused-ring (bicyclic) bond motifs is 1. The van der Waals surface area contributed by atoms with Gasteiger partial charge < -0.3 is 24.3 Å². The van der Waals surface area contributed by atoms with Crippen LogP contribution in [0.3, 0.4) is 0 Å². The Morgan fingerprint density at radius 1 is 1.00 bits per heavy atom. The van der Waals surface area contributed by atoms with E-state index >= 15 is 0 Å². The third kappa shape index (κ3) is 3.73. The average Bonchev–Trinajstić information content (AvgIpc) is 3.35. The number of aliphatic carboxylic acids is 1. The van der Waals surface area contributed by atoms with Crippen molar-refractivity contribution in [3.05, 3.63) is 72.0 Å². The Morgan fingerprint density at radius 2 is 1.86 bits per heavy atom. The molecule has 1 aliphatic heterocycles. The molecule has 0 fully saturated rings. The number of carboxylic acid groups (broad SMARTS) is 1. The van der Waals surface area contributed by atoms with Crippen LogP contribution in [0.2, 0.25) is 0 Å². The molecule has 7 nitrogen and oxygen atoms in total. The minimum atomic E-state index is -1.04. The summed E-state index contributed by atoms with van der Waals surface area (Å²) < 4.78 is 16.3. The van der Waals surface area contributed by atoms with Gasteiger partial charge in [-0.15, -0.1) is 0 Å². The molecular weight excluding hydrogens is 362 g/mol. The van der Waals surface area contributed by atoms with Crippen LogP contribution in [0.25, 0.3) is 17.4 Å². The molecule has 0 saturated heterocycles. The van der Waals surface area contributed by atoms with Gasteiger partial charge in [0, 0.05) is 17.3 Å². The molecule has 3 aromatic rings. The molecule has 0 unspecified atom stereocenters. The van der Waals surface area contributed by atoms with Gasteiger partial charge in [-0.3, -0.25) is 4.79 Å². The fourth-order valence-electron chi connectivity index (χ4n) is 2.75. The number of rotatable bonds is 5. The third-order valence-corrected chi connectivity index (χ3v) is 4.05. The summed E-state index contributed by atoms with van der Waals surface area (Å²) in [5.41, 5.74) is 1.95. The van der Waals surface area contributed by atoms with E-state index in [1.807, 2.05) is 6.07 Å². The lowest BCUT2D eigenvalue weighted by Gasteiger charge is -2.04. The van der Waals surface area contributed by atoms with Gasteiger partial charge in [0.05, 0.1) is 0 Å². The molecule has 2 aromatic carbocycles. The zero-order chi connectivity index (χ0) is 19.5. The number of ether oxygens (including phenoxy) is 2. The lowest BCUT2D eigenvalue weighted by molar-refractivity contribution is -0.131. The van der Waals surface area contributed by atoms with Crippen molar-refractivity contribution in [1.82, 2.24) is 0 Å². The molecule has 2 N–H and O–H groups in total. The second-order valence-corrected chi connectivity index (χ2v) is 5.98. The smallest absolute Gasteiger partial charge is 0.328 e. The van der Waals surface area contributed by atoms with Gasteiger partial charge in [0.2, 0.25) is 6.79 Å². The van der Waals surface area contributed by atoms with Gasteiger partial charge in [0.15, 0.2) is 17.3 Å². The van der Waals surface area contributed by atoms with Crippen LogP contribution in [0, 0.1) is 0 Å². The Balaban J connectivity index is 1.49. The molecule has 2 heterocycles. The Bertz CT molecular complexity index is 1080. The van der Waals surface area contributed by atoms with E-state index in [1.165, 1.54) is 6.08 Å². The maximum atomic E-state index is 12.5. The van der Waals surface area contributed by atoms with Crippen molar-refractivity contribution in [3.63, 3.8) is 0 Å². The van der Waals surface area contributed by atoms with Crippen molar-refractivity contribution in [2.45, 2.75) is 0 Å². The van der Waals surface area contributed by atoms with Crippen LogP contribution in [0.1, 0.15) is 16.1 Å². The second-order valence-electron chi connectivity index (χ2n) is 5.98. The summed E-state index contributed by atoms with van der Waals surface area (Å²) in [6.45, 7) is 0.186. The van der Waals surface area contributed by atoms with Gasteiger partial charge in [-0.1, -0.05) is 12.1 Å². The number of carbonyl (C=O) groups is 2. The van der Waals surface area contributed by atoms with Crippen LogP contribution in [-0.2, 0) is 4.79 Å². The minimum absolute atomic E-state index is 0.152. The van der Waals surface area contributed by atoms with E-state index in [-0.39, 0.29) is 12.6 Å². The fourth-order valence-corrected chi connectivity index (χ4v) is 2.75. The molecule has 1 amide bonds. The quantitative estimate of drug-likeness (QED) is 0.652. The van der Waals surface area contributed by atoms with Crippen molar-refractivity contribution in [2.24, 2.45) is 0 Å². The normalized spacial score (nSPS) is 12.3. The summed E-state index contributed by atoms with van der Waals surface area (Å²) >= 11 is 0. The molecule has 0 aliphatic carbocycles. The van der Waals surface area contributed by atoms with Gasteiger partial charge >= 0.3 is 5.97 Å². The average molecular weight is 377 g/mol. The molecule has 1 aromatic heterocycles. The monoisotopic (exact) mass is 377 g/mol. The van der Waals surface area contributed by atoms with Crippen molar-refractivity contribution < 1.29 is 28.6 Å². The summed E-state index contributed by atoms with van der Waals surface area (Å²) in [7, 11) is 0. The number of benzene rings is 2. The standard InChI is InChI=1S/C21H15NO6/c23-20(24)9-4-13-2-1-3-15(10-13)22-21(25)18-8-7-16(28-18)14-5-6-17-19(11-14)27-12-26-17/h1-11H,12H2,(H,22,25)(H,23,24). The maximum absolute atomic E-state index is 12.5. The molecule has 0 atom stereocenters. The van der Waals surface area contributed by atoms with Crippen molar-refractivity contribution in [1.29, 1.82) is 0 Å². The van der Waals surface area contributed by atoms with Gasteiger partial charge in [-0.2, -0.15) is 0 Å². The van der Waals surface area contributed by atoms with Gasteiger partial charge in [0.25, 0.3) is 5.91 Å². The molecule has 0 radical (unpaired) electrons. The molecule has 0 saturated carbocycles. The summed E-state index contributed by atoms with van der Waals surface area (Å²) in [6, 6.07) is 15.5. The summed E-state index contributed by atoms with van der Waals surface area (Å²) in [5, 5.41) is 11.4. The fraction of sp³-hybridized carbons (Fsp3) is 0.0476. The van der Waals surface area contributed by atoms with E-state index in [1.54, 1.807) is 48.5 Å². The molecule has 0 spiro atoms. The largest absolute Gasteiger partial charge is 0.478 e. The van der Waals surface area contributed by atoms with Crippen molar-refractivity contribution in [3.8, 4) is 22.8 Å². The molecular formula is C21H15NO6. The Morgan fingerprint density at radius 3 is 2.71 bits per heavy atom. The highest BCUT2D eigenvalue weighted by Crippen LogP contribution is 2.36. The zero-order valence-electron chi connectivity index (χ0n) is 14.5. The molecule has 4 rings (SSSR count). The number of anilines is 1. The zero-order valence-corrected chi connectivity index (χ0v) is 14.5. The van der Waals surface area contributed by atoms with Crippen molar-refractivity contribution >= 4 is 23.6 Å². The summed E-state index contributed by atoms with van der Waals surface area (Å²) in [4.78, 5) is 23.1. The van der Waals surface area contributed by atoms with E-state index in [2.05, 4.69) is 5.32 Å². The third-order valence-electron chi connectivity index (χ3n) is 4.05. The number of carbonyl (C=O) groups excluding carboxylic acids is 1. The minimum Gasteiger partial charge on any atom is -0.478 e.